The Balaban J connectivity index is 2.58. The third kappa shape index (κ3) is 6.80. The molecule has 1 rings (SSSR count). The van der Waals surface area contributed by atoms with Crippen molar-refractivity contribution < 1.29 is 34.2 Å². The van der Waals surface area contributed by atoms with Gasteiger partial charge in [0.25, 0.3) is 0 Å². The van der Waals surface area contributed by atoms with Gasteiger partial charge in [-0.1, -0.05) is 13.8 Å². The zero-order valence-electron chi connectivity index (χ0n) is 16.0. The van der Waals surface area contributed by atoms with Gasteiger partial charge in [0, 0.05) is 13.0 Å². The number of carbonyl (C=O) groups is 5. The number of likely N-dealkylation sites (tertiary alicyclic amines) is 1. The Hall–Kier alpha value is -2.69. The lowest BCUT2D eigenvalue weighted by Gasteiger charge is -2.26. The van der Waals surface area contributed by atoms with Crippen LogP contribution in [0.5, 0.6) is 0 Å². The Labute approximate surface area is 162 Å². The second-order valence-corrected chi connectivity index (χ2v) is 7.07. The average Bonchev–Trinajstić information content (AvgIpc) is 3.10. The van der Waals surface area contributed by atoms with Crippen molar-refractivity contribution in [1.82, 2.24) is 15.5 Å². The van der Waals surface area contributed by atoms with Gasteiger partial charge in [-0.3, -0.25) is 19.2 Å². The van der Waals surface area contributed by atoms with E-state index in [0.29, 0.717) is 19.4 Å². The molecule has 3 atom stereocenters. The smallest absolute Gasteiger partial charge is 0.326 e. The highest BCUT2D eigenvalue weighted by molar-refractivity contribution is 5.93. The zero-order chi connectivity index (χ0) is 21.4. The van der Waals surface area contributed by atoms with Gasteiger partial charge in [0.2, 0.25) is 17.7 Å². The summed E-state index contributed by atoms with van der Waals surface area (Å²) >= 11 is 0. The van der Waals surface area contributed by atoms with E-state index in [0.717, 1.165) is 0 Å². The van der Waals surface area contributed by atoms with Crippen molar-refractivity contribution in [2.45, 2.75) is 57.7 Å². The van der Waals surface area contributed by atoms with Crippen LogP contribution < -0.4 is 16.4 Å². The van der Waals surface area contributed by atoms with Gasteiger partial charge in [-0.05, 0) is 25.2 Å². The van der Waals surface area contributed by atoms with E-state index in [4.69, 9.17) is 15.9 Å². The minimum absolute atomic E-state index is 0.0345. The first-order chi connectivity index (χ1) is 13.0. The van der Waals surface area contributed by atoms with Crippen LogP contribution in [0.4, 0.5) is 0 Å². The average molecular weight is 400 g/mol. The molecular weight excluding hydrogens is 372 g/mol. The number of nitrogens with two attached hydrogens (primary N) is 1. The Bertz CT molecular complexity index is 623. The number of aliphatic carboxylic acids is 2. The maximum Gasteiger partial charge on any atom is 0.326 e. The highest BCUT2D eigenvalue weighted by Crippen LogP contribution is 2.19. The second-order valence-electron chi connectivity index (χ2n) is 7.07. The molecule has 1 heterocycles. The maximum absolute atomic E-state index is 12.4. The number of nitrogens with zero attached hydrogens (tertiary/aromatic N) is 1. The molecular formula is C17H28N4O7. The summed E-state index contributed by atoms with van der Waals surface area (Å²) in [5, 5.41) is 22.5. The van der Waals surface area contributed by atoms with Gasteiger partial charge in [-0.25, -0.2) is 4.79 Å². The molecule has 0 aliphatic carbocycles. The van der Waals surface area contributed by atoms with Crippen molar-refractivity contribution in [2.24, 2.45) is 11.7 Å². The predicted molar refractivity (Wildman–Crippen MR) is 97.0 cm³/mol. The molecule has 1 aliphatic rings. The fourth-order valence-corrected chi connectivity index (χ4v) is 2.94. The molecule has 6 N–H and O–H groups in total. The molecule has 1 fully saturated rings. The molecule has 3 unspecified atom stereocenters. The number of carboxylic acid groups (broad SMARTS) is 2. The van der Waals surface area contributed by atoms with Crippen molar-refractivity contribution in [3.63, 3.8) is 0 Å². The van der Waals surface area contributed by atoms with E-state index in [9.17, 15) is 24.0 Å². The fourth-order valence-electron chi connectivity index (χ4n) is 2.94. The van der Waals surface area contributed by atoms with E-state index < -0.39 is 54.3 Å². The summed E-state index contributed by atoms with van der Waals surface area (Å²) in [4.78, 5) is 59.7. The molecule has 11 heteroatoms. The highest BCUT2D eigenvalue weighted by atomic mass is 16.4. The van der Waals surface area contributed by atoms with Crippen LogP contribution in [0.1, 0.15) is 39.5 Å². The van der Waals surface area contributed by atoms with Crippen LogP contribution in [-0.2, 0) is 24.0 Å². The van der Waals surface area contributed by atoms with E-state index in [1.54, 1.807) is 13.8 Å². The van der Waals surface area contributed by atoms with Crippen LogP contribution in [0.15, 0.2) is 0 Å². The second kappa shape index (κ2) is 10.6. The van der Waals surface area contributed by atoms with Gasteiger partial charge < -0.3 is 31.5 Å². The van der Waals surface area contributed by atoms with Crippen LogP contribution in [0.3, 0.4) is 0 Å². The van der Waals surface area contributed by atoms with Crippen LogP contribution in [0.25, 0.3) is 0 Å². The molecule has 0 spiro atoms. The summed E-state index contributed by atoms with van der Waals surface area (Å²) in [7, 11) is 0. The summed E-state index contributed by atoms with van der Waals surface area (Å²) in [5.74, 6) is -4.25. The van der Waals surface area contributed by atoms with E-state index >= 15 is 0 Å². The lowest BCUT2D eigenvalue weighted by Crippen LogP contribution is -2.53. The van der Waals surface area contributed by atoms with Crippen molar-refractivity contribution in [3.8, 4) is 0 Å². The van der Waals surface area contributed by atoms with Crippen molar-refractivity contribution in [3.05, 3.63) is 0 Å². The van der Waals surface area contributed by atoms with Crippen molar-refractivity contribution in [1.29, 1.82) is 0 Å². The molecule has 0 radical (unpaired) electrons. The SMILES string of the molecule is CC(C)C(NC(=O)CNC(=O)C1CCCN1C(=O)C(N)CCC(=O)O)C(=O)O. The Morgan fingerprint density at radius 1 is 1.18 bits per heavy atom. The Kier molecular flexibility index (Phi) is 8.83. The Morgan fingerprint density at radius 3 is 2.36 bits per heavy atom. The van der Waals surface area contributed by atoms with Gasteiger partial charge in [-0.2, -0.15) is 0 Å². The largest absolute Gasteiger partial charge is 0.481 e. The first-order valence-corrected chi connectivity index (χ1v) is 9.12. The zero-order valence-corrected chi connectivity index (χ0v) is 16.0. The third-order valence-corrected chi connectivity index (χ3v) is 4.50. The predicted octanol–water partition coefficient (Wildman–Crippen LogP) is -1.49. The number of carbonyl (C=O) groups excluding carboxylic acids is 3. The minimum atomic E-state index is -1.17. The number of nitrogens with one attached hydrogen (secondary N) is 2. The molecule has 158 valence electrons. The quantitative estimate of drug-likeness (QED) is 0.294. The van der Waals surface area contributed by atoms with Crippen molar-refractivity contribution in [2.75, 3.05) is 13.1 Å². The van der Waals surface area contributed by atoms with Gasteiger partial charge in [0.05, 0.1) is 12.6 Å². The number of amides is 3. The topological polar surface area (TPSA) is 179 Å². The van der Waals surface area contributed by atoms with Gasteiger partial charge in [-0.15, -0.1) is 0 Å². The van der Waals surface area contributed by atoms with E-state index in [1.165, 1.54) is 4.90 Å². The molecule has 0 bridgehead atoms. The van der Waals surface area contributed by atoms with E-state index in [-0.39, 0.29) is 18.8 Å². The Morgan fingerprint density at radius 2 is 1.82 bits per heavy atom. The minimum Gasteiger partial charge on any atom is -0.481 e. The lowest BCUT2D eigenvalue weighted by molar-refractivity contribution is -0.143. The molecule has 0 aromatic heterocycles. The number of hydrogen-bond acceptors (Lipinski definition) is 6. The van der Waals surface area contributed by atoms with Crippen LogP contribution in [-0.4, -0.2) is 76.0 Å². The molecule has 0 aromatic carbocycles. The first kappa shape index (κ1) is 23.3. The molecule has 11 nitrogen and oxygen atoms in total. The third-order valence-electron chi connectivity index (χ3n) is 4.50. The first-order valence-electron chi connectivity index (χ1n) is 9.12. The molecule has 0 saturated carbocycles. The lowest BCUT2D eigenvalue weighted by atomic mass is 10.0. The molecule has 1 saturated heterocycles. The molecule has 3 amide bonds. The molecule has 0 aromatic rings. The fraction of sp³-hybridized carbons (Fsp3) is 0.706. The van der Waals surface area contributed by atoms with Crippen LogP contribution in [0, 0.1) is 5.92 Å². The standard InChI is InChI=1S/C17H28N4O7/c1-9(2)14(17(27)28)20-12(22)8-19-15(25)11-4-3-7-21(11)16(26)10(18)5-6-13(23)24/h9-11,14H,3-8,18H2,1-2H3,(H,19,25)(H,20,22)(H,23,24)(H,27,28). The van der Waals surface area contributed by atoms with Gasteiger partial charge in [0.1, 0.15) is 12.1 Å². The summed E-state index contributed by atoms with van der Waals surface area (Å²) in [6.45, 7) is 3.19. The monoisotopic (exact) mass is 400 g/mol. The summed E-state index contributed by atoms with van der Waals surface area (Å²) < 4.78 is 0. The van der Waals surface area contributed by atoms with E-state index in [2.05, 4.69) is 10.6 Å². The van der Waals surface area contributed by atoms with E-state index in [1.807, 2.05) is 0 Å². The van der Waals surface area contributed by atoms with Gasteiger partial charge >= 0.3 is 11.9 Å². The number of carboxylic acids is 2. The highest BCUT2D eigenvalue weighted by Gasteiger charge is 2.36. The number of rotatable bonds is 10. The summed E-state index contributed by atoms with van der Waals surface area (Å²) in [5.41, 5.74) is 5.74. The summed E-state index contributed by atoms with van der Waals surface area (Å²) in [6.07, 6.45) is 0.691. The normalized spacial score (nSPS) is 18.4. The van der Waals surface area contributed by atoms with Gasteiger partial charge in [0.15, 0.2) is 0 Å². The molecule has 1 aliphatic heterocycles. The van der Waals surface area contributed by atoms with Crippen LogP contribution in [0.2, 0.25) is 0 Å². The molecule has 28 heavy (non-hydrogen) atoms. The maximum atomic E-state index is 12.4. The van der Waals surface area contributed by atoms with Crippen molar-refractivity contribution >= 4 is 29.7 Å². The summed E-state index contributed by atoms with van der Waals surface area (Å²) in [6, 6.07) is -2.88. The van der Waals surface area contributed by atoms with Crippen LogP contribution >= 0.6 is 0 Å². The number of hydrogen-bond donors (Lipinski definition) is 5.